The molecule has 0 aliphatic carbocycles. The Kier molecular flexibility index (Phi) is 5.67. The Morgan fingerprint density at radius 2 is 1.83 bits per heavy atom. The molecule has 7 nitrogen and oxygen atoms in total. The van der Waals surface area contributed by atoms with Gasteiger partial charge < -0.3 is 19.3 Å². The van der Waals surface area contributed by atoms with Crippen molar-refractivity contribution >= 4 is 11.8 Å². The van der Waals surface area contributed by atoms with E-state index in [1.54, 1.807) is 30.5 Å². The molecule has 0 N–H and O–H groups in total. The maximum Gasteiger partial charge on any atom is 0.255 e. The lowest BCUT2D eigenvalue weighted by molar-refractivity contribution is -0.178. The Hall–Kier alpha value is -3.00. The second-order valence-electron chi connectivity index (χ2n) is 7.50. The molecule has 0 radical (unpaired) electrons. The minimum atomic E-state index is -0.560. The molecule has 3 heterocycles. The van der Waals surface area contributed by atoms with E-state index in [2.05, 4.69) is 4.98 Å². The first-order valence-electron chi connectivity index (χ1n) is 9.93. The second kappa shape index (κ2) is 8.39. The number of aromatic nitrogens is 1. The first kappa shape index (κ1) is 20.3. The average molecular weight is 413 g/mol. The first-order valence-corrected chi connectivity index (χ1v) is 9.93. The number of carbonyl (C=O) groups excluding carboxylic acids is 2. The van der Waals surface area contributed by atoms with Crippen molar-refractivity contribution < 1.29 is 23.5 Å². The molecule has 0 bridgehead atoms. The molecule has 1 aromatic carbocycles. The first-order chi connectivity index (χ1) is 14.5. The van der Waals surface area contributed by atoms with Gasteiger partial charge in [0.25, 0.3) is 11.8 Å². The summed E-state index contributed by atoms with van der Waals surface area (Å²) in [6, 6.07) is 7.90. The quantitative estimate of drug-likeness (QED) is 0.704. The van der Waals surface area contributed by atoms with E-state index in [4.69, 9.17) is 9.47 Å². The van der Waals surface area contributed by atoms with E-state index in [-0.39, 0.29) is 29.6 Å². The highest BCUT2D eigenvalue weighted by molar-refractivity contribution is 5.94. The zero-order valence-corrected chi connectivity index (χ0v) is 17.0. The topological polar surface area (TPSA) is 72.0 Å². The SMILES string of the molecule is COc1ccc(C(=O)N2CCC(N3C(=O)C(OC)C3c3ccncc3)CC2)cc1F. The van der Waals surface area contributed by atoms with Gasteiger partial charge in [-0.05, 0) is 48.7 Å². The molecule has 2 atom stereocenters. The molecule has 2 unspecified atom stereocenters. The maximum atomic E-state index is 14.0. The van der Waals surface area contributed by atoms with Gasteiger partial charge in [0.15, 0.2) is 17.7 Å². The highest BCUT2D eigenvalue weighted by Gasteiger charge is 2.51. The lowest BCUT2D eigenvalue weighted by atomic mass is 9.86. The van der Waals surface area contributed by atoms with Gasteiger partial charge in [-0.1, -0.05) is 0 Å². The fraction of sp³-hybridized carbons (Fsp3) is 0.409. The third kappa shape index (κ3) is 3.52. The number of likely N-dealkylation sites (tertiary alicyclic amines) is 2. The standard InChI is InChI=1S/C22H24FN3O4/c1-29-18-4-3-15(13-17(18)23)21(27)25-11-7-16(8-12-25)26-19(20(30-2)22(26)28)14-5-9-24-10-6-14/h3-6,9-10,13,16,19-20H,7-8,11-12H2,1-2H3. The van der Waals surface area contributed by atoms with Crippen LogP contribution in [0, 0.1) is 5.82 Å². The van der Waals surface area contributed by atoms with E-state index >= 15 is 0 Å². The van der Waals surface area contributed by atoms with Crippen LogP contribution in [0.2, 0.25) is 0 Å². The average Bonchev–Trinajstić information content (AvgIpc) is 2.78. The van der Waals surface area contributed by atoms with Gasteiger partial charge in [-0.3, -0.25) is 14.6 Å². The van der Waals surface area contributed by atoms with E-state index < -0.39 is 11.9 Å². The second-order valence-corrected chi connectivity index (χ2v) is 7.50. The summed E-state index contributed by atoms with van der Waals surface area (Å²) in [5.41, 5.74) is 1.28. The van der Waals surface area contributed by atoms with Gasteiger partial charge in [-0.2, -0.15) is 0 Å². The Morgan fingerprint density at radius 1 is 1.13 bits per heavy atom. The molecule has 8 heteroatoms. The van der Waals surface area contributed by atoms with Crippen LogP contribution in [0.25, 0.3) is 0 Å². The van der Waals surface area contributed by atoms with Crippen LogP contribution in [0.4, 0.5) is 4.39 Å². The minimum absolute atomic E-state index is 0.0266. The number of nitrogens with zero attached hydrogens (tertiary/aromatic N) is 3. The zero-order chi connectivity index (χ0) is 21.3. The van der Waals surface area contributed by atoms with Crippen molar-refractivity contribution in [1.29, 1.82) is 0 Å². The predicted octanol–water partition coefficient (Wildman–Crippen LogP) is 2.43. The number of ether oxygens (including phenoxy) is 2. The highest BCUT2D eigenvalue weighted by atomic mass is 19.1. The number of pyridine rings is 1. The molecule has 2 saturated heterocycles. The van der Waals surface area contributed by atoms with Gasteiger partial charge in [0.2, 0.25) is 0 Å². The molecule has 4 rings (SSSR count). The van der Waals surface area contributed by atoms with Crippen molar-refractivity contribution in [3.63, 3.8) is 0 Å². The Balaban J connectivity index is 1.43. The highest BCUT2D eigenvalue weighted by Crippen LogP contribution is 2.40. The number of piperidine rings is 1. The van der Waals surface area contributed by atoms with Gasteiger partial charge in [0.05, 0.1) is 13.2 Å². The van der Waals surface area contributed by atoms with Crippen molar-refractivity contribution in [3.05, 3.63) is 59.7 Å². The molecule has 30 heavy (non-hydrogen) atoms. The molecule has 2 aliphatic rings. The van der Waals surface area contributed by atoms with E-state index in [1.165, 1.54) is 19.2 Å². The van der Waals surface area contributed by atoms with Crippen LogP contribution < -0.4 is 4.74 Å². The number of benzene rings is 1. The molecule has 158 valence electrons. The molecule has 2 aromatic rings. The van der Waals surface area contributed by atoms with Crippen molar-refractivity contribution in [2.75, 3.05) is 27.3 Å². The molecule has 0 saturated carbocycles. The van der Waals surface area contributed by atoms with Crippen LogP contribution in [0.15, 0.2) is 42.7 Å². The van der Waals surface area contributed by atoms with Crippen molar-refractivity contribution in [1.82, 2.24) is 14.8 Å². The van der Waals surface area contributed by atoms with Crippen LogP contribution in [-0.2, 0) is 9.53 Å². The van der Waals surface area contributed by atoms with Crippen LogP contribution in [0.5, 0.6) is 5.75 Å². The number of carbonyl (C=O) groups is 2. The lowest BCUT2D eigenvalue weighted by Gasteiger charge is -2.52. The van der Waals surface area contributed by atoms with E-state index in [1.807, 2.05) is 17.0 Å². The normalized spacial score (nSPS) is 22.0. The van der Waals surface area contributed by atoms with Crippen LogP contribution in [0.1, 0.15) is 34.8 Å². The predicted molar refractivity (Wildman–Crippen MR) is 106 cm³/mol. The summed E-state index contributed by atoms with van der Waals surface area (Å²) in [5, 5.41) is 0. The van der Waals surface area contributed by atoms with E-state index in [9.17, 15) is 14.0 Å². The summed E-state index contributed by atoms with van der Waals surface area (Å²) in [5.74, 6) is -0.696. The van der Waals surface area contributed by atoms with Gasteiger partial charge in [0.1, 0.15) is 0 Å². The summed E-state index contributed by atoms with van der Waals surface area (Å²) in [6.07, 6.45) is 4.24. The van der Waals surface area contributed by atoms with Crippen molar-refractivity contribution in [2.45, 2.75) is 31.0 Å². The van der Waals surface area contributed by atoms with E-state index in [0.29, 0.717) is 31.5 Å². The summed E-state index contributed by atoms with van der Waals surface area (Å²) in [4.78, 5) is 33.1. The van der Waals surface area contributed by atoms with Gasteiger partial charge in [-0.25, -0.2) is 4.39 Å². The molecule has 1 aromatic heterocycles. The molecular weight excluding hydrogens is 389 g/mol. The summed E-state index contributed by atoms with van der Waals surface area (Å²) in [7, 11) is 2.93. The van der Waals surface area contributed by atoms with Gasteiger partial charge in [0, 0.05) is 44.2 Å². The molecular formula is C22H24FN3O4. The number of amides is 2. The number of hydrogen-bond acceptors (Lipinski definition) is 5. The third-order valence-corrected chi connectivity index (χ3v) is 5.93. The zero-order valence-electron chi connectivity index (χ0n) is 17.0. The number of β-lactam (4-membered cyclic amide) rings is 1. The van der Waals surface area contributed by atoms with Crippen LogP contribution in [0.3, 0.4) is 0 Å². The minimum Gasteiger partial charge on any atom is -0.494 e. The molecule has 2 amide bonds. The Morgan fingerprint density at radius 3 is 2.43 bits per heavy atom. The van der Waals surface area contributed by atoms with Crippen molar-refractivity contribution in [3.8, 4) is 5.75 Å². The Bertz CT molecular complexity index is 931. The largest absolute Gasteiger partial charge is 0.494 e. The lowest BCUT2D eigenvalue weighted by Crippen LogP contribution is -2.64. The molecule has 2 fully saturated rings. The van der Waals surface area contributed by atoms with Crippen LogP contribution >= 0.6 is 0 Å². The maximum absolute atomic E-state index is 14.0. The molecule has 2 aliphatic heterocycles. The van der Waals surface area contributed by atoms with E-state index in [0.717, 1.165) is 5.56 Å². The number of hydrogen-bond donors (Lipinski definition) is 0. The summed E-state index contributed by atoms with van der Waals surface area (Å²) >= 11 is 0. The number of halogens is 1. The Labute approximate surface area is 174 Å². The fourth-order valence-corrected chi connectivity index (χ4v) is 4.34. The number of rotatable bonds is 5. The van der Waals surface area contributed by atoms with Gasteiger partial charge >= 0.3 is 0 Å². The van der Waals surface area contributed by atoms with Crippen LogP contribution in [-0.4, -0.2) is 66.1 Å². The third-order valence-electron chi connectivity index (χ3n) is 5.93. The monoisotopic (exact) mass is 413 g/mol. The smallest absolute Gasteiger partial charge is 0.255 e. The molecule has 0 spiro atoms. The van der Waals surface area contributed by atoms with Crippen molar-refractivity contribution in [2.24, 2.45) is 0 Å². The summed E-state index contributed by atoms with van der Waals surface area (Å²) < 4.78 is 24.3. The summed E-state index contributed by atoms with van der Waals surface area (Å²) in [6.45, 7) is 1.00. The van der Waals surface area contributed by atoms with Gasteiger partial charge in [-0.15, -0.1) is 0 Å². The fourth-order valence-electron chi connectivity index (χ4n) is 4.34. The number of methoxy groups -OCH3 is 2.